The van der Waals surface area contributed by atoms with Crippen LogP contribution in [0.4, 0.5) is 0 Å². The standard InChI is InChI=1S/C13H12N2O3/c1-15-7-6-9(14-15)13(16)12-8-17-10-4-2-3-5-11(10)18-12/h2-7,12H,8H2,1H3. The molecule has 0 saturated carbocycles. The van der Waals surface area contributed by atoms with Gasteiger partial charge >= 0.3 is 0 Å². The number of aromatic nitrogens is 2. The van der Waals surface area contributed by atoms with Crippen molar-refractivity contribution < 1.29 is 14.3 Å². The van der Waals surface area contributed by atoms with E-state index in [1.54, 1.807) is 30.1 Å². The predicted octanol–water partition coefficient (Wildman–Crippen LogP) is 1.44. The number of carbonyl (C=O) groups excluding carboxylic acids is 1. The summed E-state index contributed by atoms with van der Waals surface area (Å²) in [5.41, 5.74) is 0.394. The first-order valence-electron chi connectivity index (χ1n) is 5.66. The molecule has 1 atom stereocenters. The van der Waals surface area contributed by atoms with Gasteiger partial charge in [-0.15, -0.1) is 0 Å². The first kappa shape index (κ1) is 10.8. The van der Waals surface area contributed by atoms with Crippen LogP contribution in [0, 0.1) is 0 Å². The quantitative estimate of drug-likeness (QED) is 0.750. The molecule has 3 rings (SSSR count). The van der Waals surface area contributed by atoms with Crippen LogP contribution >= 0.6 is 0 Å². The van der Waals surface area contributed by atoms with Crippen molar-refractivity contribution in [3.63, 3.8) is 0 Å². The molecule has 0 N–H and O–H groups in total. The number of carbonyl (C=O) groups is 1. The van der Waals surface area contributed by atoms with E-state index in [0.29, 0.717) is 17.2 Å². The van der Waals surface area contributed by atoms with Gasteiger partial charge in [0.1, 0.15) is 12.3 Å². The Bertz CT molecular complexity index is 591. The Labute approximate surface area is 104 Å². The molecule has 18 heavy (non-hydrogen) atoms. The topological polar surface area (TPSA) is 53.4 Å². The van der Waals surface area contributed by atoms with E-state index in [9.17, 15) is 4.79 Å². The van der Waals surface area contributed by atoms with E-state index in [1.807, 2.05) is 18.2 Å². The van der Waals surface area contributed by atoms with Gasteiger partial charge in [0.05, 0.1) is 0 Å². The van der Waals surface area contributed by atoms with Crippen molar-refractivity contribution in [2.75, 3.05) is 6.61 Å². The van der Waals surface area contributed by atoms with Gasteiger partial charge in [-0.2, -0.15) is 5.10 Å². The molecule has 0 bridgehead atoms. The predicted molar refractivity (Wildman–Crippen MR) is 63.9 cm³/mol. The molecule has 0 spiro atoms. The fourth-order valence-electron chi connectivity index (χ4n) is 1.86. The molecule has 5 nitrogen and oxygen atoms in total. The van der Waals surface area contributed by atoms with Crippen LogP contribution in [-0.4, -0.2) is 28.3 Å². The summed E-state index contributed by atoms with van der Waals surface area (Å²) in [4.78, 5) is 12.1. The molecule has 0 radical (unpaired) electrons. The Morgan fingerprint density at radius 2 is 2.11 bits per heavy atom. The minimum atomic E-state index is -0.630. The molecule has 2 heterocycles. The summed E-state index contributed by atoms with van der Waals surface area (Å²) in [5.74, 6) is 1.10. The van der Waals surface area contributed by atoms with E-state index < -0.39 is 6.10 Å². The lowest BCUT2D eigenvalue weighted by molar-refractivity contribution is 0.0580. The van der Waals surface area contributed by atoms with Crippen molar-refractivity contribution in [2.45, 2.75) is 6.10 Å². The highest BCUT2D eigenvalue weighted by Gasteiger charge is 2.29. The number of nitrogens with zero attached hydrogens (tertiary/aromatic N) is 2. The number of rotatable bonds is 2. The van der Waals surface area contributed by atoms with Crippen LogP contribution in [-0.2, 0) is 7.05 Å². The van der Waals surface area contributed by atoms with Crippen LogP contribution in [0.3, 0.4) is 0 Å². The molecule has 2 aromatic rings. The maximum atomic E-state index is 12.1. The van der Waals surface area contributed by atoms with Gasteiger partial charge in [0.15, 0.2) is 17.6 Å². The Morgan fingerprint density at radius 3 is 2.83 bits per heavy atom. The summed E-state index contributed by atoms with van der Waals surface area (Å²) in [6, 6.07) is 8.98. The third kappa shape index (κ3) is 1.84. The monoisotopic (exact) mass is 244 g/mol. The molecule has 0 saturated heterocycles. The summed E-state index contributed by atoms with van der Waals surface area (Å²) in [7, 11) is 1.77. The lowest BCUT2D eigenvalue weighted by Gasteiger charge is -2.24. The SMILES string of the molecule is Cn1ccc(C(=O)C2COc3ccccc3O2)n1. The van der Waals surface area contributed by atoms with Gasteiger partial charge in [0, 0.05) is 13.2 Å². The molecule has 0 aliphatic carbocycles. The summed E-state index contributed by atoms with van der Waals surface area (Å²) in [5, 5.41) is 4.07. The van der Waals surface area contributed by atoms with E-state index in [0.717, 1.165) is 0 Å². The number of para-hydroxylation sites is 2. The number of Topliss-reactive ketones (excluding diaryl/α,β-unsaturated/α-hetero) is 1. The number of hydrogen-bond acceptors (Lipinski definition) is 4. The van der Waals surface area contributed by atoms with Crippen LogP contribution in [0.5, 0.6) is 11.5 Å². The van der Waals surface area contributed by atoms with Crippen molar-refractivity contribution in [3.05, 3.63) is 42.2 Å². The minimum Gasteiger partial charge on any atom is -0.485 e. The molecule has 5 heteroatoms. The van der Waals surface area contributed by atoms with Crippen molar-refractivity contribution in [2.24, 2.45) is 7.05 Å². The second-order valence-electron chi connectivity index (χ2n) is 4.10. The van der Waals surface area contributed by atoms with Crippen molar-refractivity contribution in [1.82, 2.24) is 9.78 Å². The maximum absolute atomic E-state index is 12.1. The highest BCUT2D eigenvalue weighted by atomic mass is 16.6. The van der Waals surface area contributed by atoms with Gasteiger partial charge in [-0.25, -0.2) is 0 Å². The lowest BCUT2D eigenvalue weighted by Crippen LogP contribution is -2.36. The zero-order valence-electron chi connectivity index (χ0n) is 9.87. The fourth-order valence-corrected chi connectivity index (χ4v) is 1.86. The molecule has 0 amide bonds. The summed E-state index contributed by atoms with van der Waals surface area (Å²) in [6.07, 6.45) is 1.10. The number of aryl methyl sites for hydroxylation is 1. The number of benzene rings is 1. The molecule has 0 fully saturated rings. The van der Waals surface area contributed by atoms with Crippen LogP contribution in [0.2, 0.25) is 0 Å². The molecular weight excluding hydrogens is 232 g/mol. The number of ether oxygens (including phenoxy) is 2. The summed E-state index contributed by atoms with van der Waals surface area (Å²) < 4.78 is 12.7. The third-order valence-corrected chi connectivity index (χ3v) is 2.77. The summed E-state index contributed by atoms with van der Waals surface area (Å²) >= 11 is 0. The normalized spacial score (nSPS) is 17.5. The number of ketones is 1. The van der Waals surface area contributed by atoms with Gasteiger partial charge in [0.2, 0.25) is 5.78 Å². The minimum absolute atomic E-state index is 0.162. The Balaban J connectivity index is 1.82. The van der Waals surface area contributed by atoms with Crippen LogP contribution < -0.4 is 9.47 Å². The molecule has 1 aromatic heterocycles. The first-order valence-corrected chi connectivity index (χ1v) is 5.66. The molecule has 1 unspecified atom stereocenters. The maximum Gasteiger partial charge on any atom is 0.227 e. The smallest absolute Gasteiger partial charge is 0.227 e. The van der Waals surface area contributed by atoms with Gasteiger partial charge in [-0.1, -0.05) is 12.1 Å². The molecule has 1 aromatic carbocycles. The molecule has 1 aliphatic heterocycles. The zero-order valence-corrected chi connectivity index (χ0v) is 9.87. The fraction of sp³-hybridized carbons (Fsp3) is 0.231. The van der Waals surface area contributed by atoms with Crippen molar-refractivity contribution in [3.8, 4) is 11.5 Å². The van der Waals surface area contributed by atoms with Crippen molar-refractivity contribution >= 4 is 5.78 Å². The van der Waals surface area contributed by atoms with Crippen LogP contribution in [0.1, 0.15) is 10.5 Å². The largest absolute Gasteiger partial charge is 0.485 e. The summed E-state index contributed by atoms with van der Waals surface area (Å²) in [6.45, 7) is 0.215. The third-order valence-electron chi connectivity index (χ3n) is 2.77. The number of fused-ring (bicyclic) bond motifs is 1. The van der Waals surface area contributed by atoms with Crippen molar-refractivity contribution in [1.29, 1.82) is 0 Å². The van der Waals surface area contributed by atoms with E-state index in [-0.39, 0.29) is 12.4 Å². The Morgan fingerprint density at radius 1 is 1.33 bits per heavy atom. The molecule has 92 valence electrons. The average Bonchev–Trinajstić information content (AvgIpc) is 2.84. The van der Waals surface area contributed by atoms with E-state index in [2.05, 4.69) is 5.10 Å². The number of hydrogen-bond donors (Lipinski definition) is 0. The van der Waals surface area contributed by atoms with E-state index >= 15 is 0 Å². The zero-order chi connectivity index (χ0) is 12.5. The first-order chi connectivity index (χ1) is 8.74. The van der Waals surface area contributed by atoms with Gasteiger partial charge < -0.3 is 9.47 Å². The highest BCUT2D eigenvalue weighted by Crippen LogP contribution is 2.31. The van der Waals surface area contributed by atoms with Crippen LogP contribution in [0.25, 0.3) is 0 Å². The Hall–Kier alpha value is -2.30. The van der Waals surface area contributed by atoms with E-state index in [1.165, 1.54) is 0 Å². The van der Waals surface area contributed by atoms with Gasteiger partial charge in [-0.3, -0.25) is 9.48 Å². The van der Waals surface area contributed by atoms with Gasteiger partial charge in [0.25, 0.3) is 0 Å². The highest BCUT2D eigenvalue weighted by molar-refractivity contribution is 5.98. The molecular formula is C13H12N2O3. The second kappa shape index (κ2) is 4.18. The molecule has 1 aliphatic rings. The van der Waals surface area contributed by atoms with Gasteiger partial charge in [-0.05, 0) is 18.2 Å². The average molecular weight is 244 g/mol. The van der Waals surface area contributed by atoms with E-state index in [4.69, 9.17) is 9.47 Å². The Kier molecular flexibility index (Phi) is 2.51. The lowest BCUT2D eigenvalue weighted by atomic mass is 10.1. The second-order valence-corrected chi connectivity index (χ2v) is 4.10. The van der Waals surface area contributed by atoms with Crippen LogP contribution in [0.15, 0.2) is 36.5 Å².